The molecule has 0 saturated heterocycles. The van der Waals surface area contributed by atoms with E-state index in [0.29, 0.717) is 0 Å². The Labute approximate surface area is 351 Å². The van der Waals surface area contributed by atoms with Gasteiger partial charge in [0.15, 0.2) is 0 Å². The lowest BCUT2D eigenvalue weighted by Gasteiger charge is -2.29. The van der Waals surface area contributed by atoms with Gasteiger partial charge in [-0.2, -0.15) is 0 Å². The monoisotopic (exact) mass is 779 g/mol. The fourth-order valence-corrected chi connectivity index (χ4v) is 9.07. The molecule has 286 valence electrons. The number of nitrogens with one attached hydrogen (secondary N) is 1. The van der Waals surface area contributed by atoms with Gasteiger partial charge in [0, 0.05) is 65.7 Å². The summed E-state index contributed by atoms with van der Waals surface area (Å²) in [5.41, 5.74) is 13.7. The van der Waals surface area contributed by atoms with Crippen LogP contribution >= 0.6 is 11.3 Å². The summed E-state index contributed by atoms with van der Waals surface area (Å²) in [7, 11) is 0. The summed E-state index contributed by atoms with van der Waals surface area (Å²) in [5.74, 6) is 0. The predicted molar refractivity (Wildman–Crippen MR) is 256 cm³/mol. The minimum absolute atomic E-state index is 0.963. The van der Waals surface area contributed by atoms with Gasteiger partial charge in [0.05, 0.1) is 0 Å². The first-order chi connectivity index (χ1) is 29.1. The third kappa shape index (κ3) is 8.04. The van der Waals surface area contributed by atoms with Crippen molar-refractivity contribution in [2.24, 2.45) is 0 Å². The molecular weight excluding hydrogens is 735 g/mol. The number of para-hydroxylation sites is 2. The van der Waals surface area contributed by atoms with Crippen LogP contribution in [0.25, 0.3) is 31.3 Å². The van der Waals surface area contributed by atoms with Crippen molar-refractivity contribution in [3.63, 3.8) is 0 Å². The summed E-state index contributed by atoms with van der Waals surface area (Å²) in [4.78, 5) is 4.67. The van der Waals surface area contributed by atoms with Crippen molar-refractivity contribution in [1.82, 2.24) is 0 Å². The first-order valence-electron chi connectivity index (χ1n) is 20.2. The van der Waals surface area contributed by atoms with E-state index in [1.54, 1.807) is 6.08 Å². The normalized spacial score (nSPS) is 13.0. The molecule has 0 saturated carbocycles. The number of thiophene rings is 1. The van der Waals surface area contributed by atoms with Crippen LogP contribution in [0, 0.1) is 0 Å². The van der Waals surface area contributed by atoms with Gasteiger partial charge in [-0.1, -0.05) is 128 Å². The second-order valence-corrected chi connectivity index (χ2v) is 15.8. The predicted octanol–water partition coefficient (Wildman–Crippen LogP) is 16.4. The van der Waals surface area contributed by atoms with Gasteiger partial charge in [-0.15, -0.1) is 11.3 Å². The molecule has 1 aromatic heterocycles. The SMILES string of the molecule is C=C/C=C\C=C(/C)C1=C(Nc2ccc(N(c3ccc(-c4ccc5c(c4)sc4ccccc45)cc3)c3cccc(N(c4ccccc4)c4ccccc4)c3)cc2)CCC=C1. The maximum atomic E-state index is 3.81. The highest BCUT2D eigenvalue weighted by molar-refractivity contribution is 7.25. The Morgan fingerprint density at radius 1 is 0.559 bits per heavy atom. The molecule has 0 radical (unpaired) electrons. The van der Waals surface area contributed by atoms with E-state index in [2.05, 4.69) is 223 Å². The average Bonchev–Trinajstić information content (AvgIpc) is 3.67. The number of hydrogen-bond acceptors (Lipinski definition) is 4. The Morgan fingerprint density at radius 3 is 1.81 bits per heavy atom. The zero-order chi connectivity index (χ0) is 40.0. The van der Waals surface area contributed by atoms with E-state index in [1.165, 1.54) is 48.1 Å². The molecule has 1 aliphatic carbocycles. The fraction of sp³-hybridized carbons (Fsp3) is 0.0545. The van der Waals surface area contributed by atoms with Crippen molar-refractivity contribution in [1.29, 1.82) is 0 Å². The number of benzene rings is 7. The summed E-state index contributed by atoms with van der Waals surface area (Å²) in [5, 5.41) is 6.41. The molecule has 1 N–H and O–H groups in total. The van der Waals surface area contributed by atoms with E-state index in [-0.39, 0.29) is 0 Å². The lowest BCUT2D eigenvalue weighted by atomic mass is 9.96. The van der Waals surface area contributed by atoms with E-state index in [4.69, 9.17) is 0 Å². The molecule has 8 aromatic rings. The lowest BCUT2D eigenvalue weighted by Crippen LogP contribution is -2.13. The fourth-order valence-electron chi connectivity index (χ4n) is 7.93. The molecule has 1 aliphatic rings. The molecule has 7 aromatic carbocycles. The quantitative estimate of drug-likeness (QED) is 0.125. The molecule has 3 nitrogen and oxygen atoms in total. The van der Waals surface area contributed by atoms with Crippen LogP contribution in [-0.2, 0) is 0 Å². The van der Waals surface area contributed by atoms with Crippen LogP contribution in [0.15, 0.2) is 236 Å². The van der Waals surface area contributed by atoms with E-state index < -0.39 is 0 Å². The van der Waals surface area contributed by atoms with Gasteiger partial charge in [-0.05, 0) is 133 Å². The number of anilines is 7. The third-order valence-corrected chi connectivity index (χ3v) is 12.0. The van der Waals surface area contributed by atoms with Gasteiger partial charge in [0.2, 0.25) is 0 Å². The van der Waals surface area contributed by atoms with Crippen molar-refractivity contribution in [3.8, 4) is 11.1 Å². The van der Waals surface area contributed by atoms with Gasteiger partial charge in [0.25, 0.3) is 0 Å². The van der Waals surface area contributed by atoms with Crippen LogP contribution in [0.5, 0.6) is 0 Å². The van der Waals surface area contributed by atoms with Crippen LogP contribution in [0.3, 0.4) is 0 Å². The van der Waals surface area contributed by atoms with Crippen LogP contribution in [0.4, 0.5) is 39.8 Å². The van der Waals surface area contributed by atoms with Gasteiger partial charge < -0.3 is 15.1 Å². The molecule has 0 fully saturated rings. The van der Waals surface area contributed by atoms with Crippen molar-refractivity contribution in [2.45, 2.75) is 19.8 Å². The van der Waals surface area contributed by atoms with Crippen molar-refractivity contribution in [3.05, 3.63) is 236 Å². The molecule has 0 aliphatic heterocycles. The smallest absolute Gasteiger partial charge is 0.0482 e. The first kappa shape index (κ1) is 37.4. The molecule has 0 bridgehead atoms. The highest BCUT2D eigenvalue weighted by Gasteiger charge is 2.18. The highest BCUT2D eigenvalue weighted by Crippen LogP contribution is 2.42. The maximum Gasteiger partial charge on any atom is 0.0482 e. The summed E-state index contributed by atoms with van der Waals surface area (Å²) in [6, 6.07) is 63.4. The van der Waals surface area contributed by atoms with E-state index >= 15 is 0 Å². The van der Waals surface area contributed by atoms with E-state index in [0.717, 1.165) is 52.7 Å². The molecule has 1 heterocycles. The number of hydrogen-bond donors (Lipinski definition) is 1. The van der Waals surface area contributed by atoms with Crippen LogP contribution in [0.1, 0.15) is 19.8 Å². The standard InChI is InChI=1S/C55H45N3S/c1-3-4-7-17-40(2)50-24-12-14-26-53(50)56-43-31-35-47(36-32-43)58(49-23-16-22-48(39-49)57(44-18-8-5-9-19-44)45-20-10-6-11-21-45)46-33-28-41(29-34-46)42-30-37-52-51-25-13-15-27-54(51)59-55(52)38-42/h3-13,15-25,27-39,56H,1,14,26H2,2H3/b7-4-,40-17+. The molecule has 0 amide bonds. The van der Waals surface area contributed by atoms with Crippen molar-refractivity contribution in [2.75, 3.05) is 15.1 Å². The van der Waals surface area contributed by atoms with Crippen LogP contribution in [-0.4, -0.2) is 0 Å². The Kier molecular flexibility index (Phi) is 10.9. The Balaban J connectivity index is 1.10. The molecule has 0 atom stereocenters. The van der Waals surface area contributed by atoms with Crippen LogP contribution < -0.4 is 15.1 Å². The molecule has 4 heteroatoms. The molecule has 59 heavy (non-hydrogen) atoms. The minimum atomic E-state index is 0.963. The van der Waals surface area contributed by atoms with Crippen molar-refractivity contribution < 1.29 is 0 Å². The molecule has 0 spiro atoms. The van der Waals surface area contributed by atoms with Crippen molar-refractivity contribution >= 4 is 71.3 Å². The topological polar surface area (TPSA) is 18.5 Å². The zero-order valence-electron chi connectivity index (χ0n) is 33.1. The first-order valence-corrected chi connectivity index (χ1v) is 21.0. The van der Waals surface area contributed by atoms with E-state index in [1.807, 2.05) is 23.5 Å². The number of allylic oxidation sites excluding steroid dienone is 9. The number of rotatable bonds is 12. The Hall–Kier alpha value is -7.14. The van der Waals surface area contributed by atoms with Gasteiger partial charge in [0.1, 0.15) is 0 Å². The third-order valence-electron chi connectivity index (χ3n) is 10.8. The van der Waals surface area contributed by atoms with Gasteiger partial charge in [-0.25, -0.2) is 0 Å². The second-order valence-electron chi connectivity index (χ2n) is 14.7. The average molecular weight is 780 g/mol. The second kappa shape index (κ2) is 17.2. The number of fused-ring (bicyclic) bond motifs is 3. The lowest BCUT2D eigenvalue weighted by molar-refractivity contribution is 0.947. The number of nitrogens with zero attached hydrogens (tertiary/aromatic N) is 2. The summed E-state index contributed by atoms with van der Waals surface area (Å²) in [6.07, 6.45) is 14.4. The summed E-state index contributed by atoms with van der Waals surface area (Å²) < 4.78 is 2.63. The highest BCUT2D eigenvalue weighted by atomic mass is 32.1. The Morgan fingerprint density at radius 2 is 1.14 bits per heavy atom. The van der Waals surface area contributed by atoms with Crippen LogP contribution in [0.2, 0.25) is 0 Å². The Bertz CT molecular complexity index is 2820. The summed E-state index contributed by atoms with van der Waals surface area (Å²) >= 11 is 1.86. The largest absolute Gasteiger partial charge is 0.358 e. The van der Waals surface area contributed by atoms with E-state index in [9.17, 15) is 0 Å². The summed E-state index contributed by atoms with van der Waals surface area (Å²) in [6.45, 7) is 5.97. The maximum absolute atomic E-state index is 3.81. The zero-order valence-corrected chi connectivity index (χ0v) is 33.9. The minimum Gasteiger partial charge on any atom is -0.358 e. The molecular formula is C55H45N3S. The van der Waals surface area contributed by atoms with Gasteiger partial charge >= 0.3 is 0 Å². The molecule has 0 unspecified atom stereocenters. The molecule has 9 rings (SSSR count). The van der Waals surface area contributed by atoms with Gasteiger partial charge in [-0.3, -0.25) is 0 Å².